The molecule has 2 aliphatic rings. The maximum atomic E-state index is 6.17. The Balaban J connectivity index is 1.70. The van der Waals surface area contributed by atoms with Crippen molar-refractivity contribution in [2.75, 3.05) is 32.8 Å². The summed E-state index contributed by atoms with van der Waals surface area (Å²) in [4.78, 5) is 6.91. The molecular weight excluding hydrogens is 276 g/mol. The lowest BCUT2D eigenvalue weighted by molar-refractivity contribution is 0.0420. The molecule has 0 unspecified atom stereocenters. The summed E-state index contributed by atoms with van der Waals surface area (Å²) < 4.78 is 11.6. The second-order valence-corrected chi connectivity index (χ2v) is 5.90. The standard InChI is InChI=1S/C18H24N2O2/c1-14-7-8-17(15(2)19-14)22-18-6-4-3-5-16(18)13-20-9-11-21-12-10-20/h5-8H,3-4,9-13H2,1-2H3. The molecule has 0 N–H and O–H groups in total. The van der Waals surface area contributed by atoms with Crippen molar-refractivity contribution in [2.45, 2.75) is 26.7 Å². The fourth-order valence-corrected chi connectivity index (χ4v) is 2.85. The highest BCUT2D eigenvalue weighted by atomic mass is 16.5. The van der Waals surface area contributed by atoms with Crippen molar-refractivity contribution in [3.05, 3.63) is 47.0 Å². The molecule has 1 aromatic heterocycles. The van der Waals surface area contributed by atoms with Crippen molar-refractivity contribution in [1.82, 2.24) is 9.88 Å². The number of nitrogens with zero attached hydrogens (tertiary/aromatic N) is 2. The van der Waals surface area contributed by atoms with Crippen LogP contribution in [0.5, 0.6) is 5.75 Å². The van der Waals surface area contributed by atoms with Crippen molar-refractivity contribution in [1.29, 1.82) is 0 Å². The van der Waals surface area contributed by atoms with Gasteiger partial charge in [0.1, 0.15) is 11.5 Å². The van der Waals surface area contributed by atoms with Gasteiger partial charge in [-0.05, 0) is 44.9 Å². The number of rotatable bonds is 4. The van der Waals surface area contributed by atoms with Crippen molar-refractivity contribution >= 4 is 0 Å². The molecule has 1 fully saturated rings. The summed E-state index contributed by atoms with van der Waals surface area (Å²) in [6.45, 7) is 8.58. The summed E-state index contributed by atoms with van der Waals surface area (Å²) in [7, 11) is 0. The zero-order chi connectivity index (χ0) is 15.4. The summed E-state index contributed by atoms with van der Waals surface area (Å²) in [6.07, 6.45) is 6.65. The summed E-state index contributed by atoms with van der Waals surface area (Å²) >= 11 is 0. The van der Waals surface area contributed by atoms with Gasteiger partial charge in [0, 0.05) is 30.9 Å². The minimum atomic E-state index is 0.828. The molecular formula is C18H24N2O2. The molecule has 22 heavy (non-hydrogen) atoms. The Kier molecular flexibility index (Phi) is 4.90. The van der Waals surface area contributed by atoms with E-state index in [2.05, 4.69) is 22.0 Å². The molecule has 0 aromatic carbocycles. The Morgan fingerprint density at radius 3 is 2.68 bits per heavy atom. The number of hydrogen-bond donors (Lipinski definition) is 0. The highest BCUT2D eigenvalue weighted by Crippen LogP contribution is 2.26. The smallest absolute Gasteiger partial charge is 0.148 e. The number of aryl methyl sites for hydroxylation is 2. The summed E-state index contributed by atoms with van der Waals surface area (Å²) in [5, 5.41) is 0. The first-order chi connectivity index (χ1) is 10.7. The monoisotopic (exact) mass is 300 g/mol. The van der Waals surface area contributed by atoms with Crippen LogP contribution in [-0.2, 0) is 4.74 Å². The highest BCUT2D eigenvalue weighted by Gasteiger charge is 2.18. The Morgan fingerprint density at radius 1 is 1.14 bits per heavy atom. The van der Waals surface area contributed by atoms with E-state index in [4.69, 9.17) is 9.47 Å². The van der Waals surface area contributed by atoms with Crippen LogP contribution in [0.4, 0.5) is 0 Å². The summed E-state index contributed by atoms with van der Waals surface area (Å²) in [5.41, 5.74) is 3.25. The Labute approximate surface area is 132 Å². The van der Waals surface area contributed by atoms with Crippen LogP contribution in [0.25, 0.3) is 0 Å². The molecule has 0 saturated carbocycles. The lowest BCUT2D eigenvalue weighted by Crippen LogP contribution is -2.38. The predicted octanol–water partition coefficient (Wildman–Crippen LogP) is 3.01. The van der Waals surface area contributed by atoms with E-state index in [1.54, 1.807) is 0 Å². The lowest BCUT2D eigenvalue weighted by atomic mass is 10.0. The first-order valence-corrected chi connectivity index (χ1v) is 8.04. The van der Waals surface area contributed by atoms with E-state index in [1.807, 2.05) is 26.0 Å². The van der Waals surface area contributed by atoms with E-state index < -0.39 is 0 Å². The normalized spacial score (nSPS) is 19.5. The first kappa shape index (κ1) is 15.3. The second-order valence-electron chi connectivity index (χ2n) is 5.90. The zero-order valence-electron chi connectivity index (χ0n) is 13.5. The van der Waals surface area contributed by atoms with Gasteiger partial charge in [-0.3, -0.25) is 9.88 Å². The lowest BCUT2D eigenvalue weighted by Gasteiger charge is -2.29. The molecule has 118 valence electrons. The fraction of sp³-hybridized carbons (Fsp3) is 0.500. The highest BCUT2D eigenvalue weighted by molar-refractivity contribution is 5.37. The van der Waals surface area contributed by atoms with Gasteiger partial charge in [0.05, 0.1) is 18.9 Å². The topological polar surface area (TPSA) is 34.6 Å². The molecule has 0 spiro atoms. The maximum Gasteiger partial charge on any atom is 0.148 e. The molecule has 1 aromatic rings. The third-order valence-corrected chi connectivity index (χ3v) is 4.10. The molecule has 0 bridgehead atoms. The number of allylic oxidation sites excluding steroid dienone is 2. The number of hydrogen-bond acceptors (Lipinski definition) is 4. The maximum absolute atomic E-state index is 6.17. The molecule has 4 heteroatoms. The van der Waals surface area contributed by atoms with Gasteiger partial charge in [-0.25, -0.2) is 0 Å². The van der Waals surface area contributed by atoms with Crippen molar-refractivity contribution in [3.63, 3.8) is 0 Å². The van der Waals surface area contributed by atoms with E-state index >= 15 is 0 Å². The molecule has 1 saturated heterocycles. The van der Waals surface area contributed by atoms with Crippen molar-refractivity contribution in [3.8, 4) is 5.75 Å². The summed E-state index contributed by atoms with van der Waals surface area (Å²) in [6, 6.07) is 4.01. The Hall–Kier alpha value is -1.65. The quantitative estimate of drug-likeness (QED) is 0.856. The largest absolute Gasteiger partial charge is 0.455 e. The molecule has 4 nitrogen and oxygen atoms in total. The van der Waals surface area contributed by atoms with Crippen LogP contribution in [-0.4, -0.2) is 42.7 Å². The molecule has 0 atom stereocenters. The van der Waals surface area contributed by atoms with Crippen LogP contribution in [0.2, 0.25) is 0 Å². The first-order valence-electron chi connectivity index (χ1n) is 8.04. The number of ether oxygens (including phenoxy) is 2. The van der Waals surface area contributed by atoms with Crippen molar-refractivity contribution in [2.24, 2.45) is 0 Å². The van der Waals surface area contributed by atoms with Crippen LogP contribution >= 0.6 is 0 Å². The van der Waals surface area contributed by atoms with Gasteiger partial charge in [-0.2, -0.15) is 0 Å². The van der Waals surface area contributed by atoms with Crippen LogP contribution in [0.3, 0.4) is 0 Å². The van der Waals surface area contributed by atoms with Gasteiger partial charge in [0.2, 0.25) is 0 Å². The predicted molar refractivity (Wildman–Crippen MR) is 87.0 cm³/mol. The van der Waals surface area contributed by atoms with E-state index in [0.717, 1.165) is 68.6 Å². The van der Waals surface area contributed by atoms with Gasteiger partial charge in [-0.1, -0.05) is 6.08 Å². The second kappa shape index (κ2) is 7.07. The number of aromatic nitrogens is 1. The van der Waals surface area contributed by atoms with E-state index in [0.29, 0.717) is 0 Å². The third kappa shape index (κ3) is 3.76. The molecule has 2 heterocycles. The van der Waals surface area contributed by atoms with Crippen LogP contribution in [0.1, 0.15) is 24.2 Å². The molecule has 3 rings (SSSR count). The summed E-state index contributed by atoms with van der Waals surface area (Å²) in [5.74, 6) is 1.85. The Morgan fingerprint density at radius 2 is 1.91 bits per heavy atom. The third-order valence-electron chi connectivity index (χ3n) is 4.10. The Bertz CT molecular complexity index is 587. The molecule has 1 aliphatic heterocycles. The number of morpholine rings is 1. The van der Waals surface area contributed by atoms with Gasteiger partial charge in [-0.15, -0.1) is 0 Å². The molecule has 0 radical (unpaired) electrons. The van der Waals surface area contributed by atoms with Gasteiger partial charge in [0.25, 0.3) is 0 Å². The SMILES string of the molecule is Cc1ccc(OC2=CCCC=C2CN2CCOCC2)c(C)n1. The van der Waals surface area contributed by atoms with Gasteiger partial charge >= 0.3 is 0 Å². The number of pyridine rings is 1. The average Bonchev–Trinajstić information content (AvgIpc) is 2.53. The van der Waals surface area contributed by atoms with E-state index in [-0.39, 0.29) is 0 Å². The minimum absolute atomic E-state index is 0.828. The minimum Gasteiger partial charge on any atom is -0.455 e. The van der Waals surface area contributed by atoms with Gasteiger partial charge < -0.3 is 9.47 Å². The fourth-order valence-electron chi connectivity index (χ4n) is 2.85. The van der Waals surface area contributed by atoms with E-state index in [1.165, 1.54) is 5.57 Å². The van der Waals surface area contributed by atoms with Crippen LogP contribution in [0.15, 0.2) is 35.6 Å². The van der Waals surface area contributed by atoms with Crippen LogP contribution < -0.4 is 4.74 Å². The van der Waals surface area contributed by atoms with E-state index in [9.17, 15) is 0 Å². The molecule has 0 amide bonds. The van der Waals surface area contributed by atoms with Gasteiger partial charge in [0.15, 0.2) is 0 Å². The molecule has 1 aliphatic carbocycles. The van der Waals surface area contributed by atoms with Crippen LogP contribution in [0, 0.1) is 13.8 Å². The zero-order valence-corrected chi connectivity index (χ0v) is 13.5. The van der Waals surface area contributed by atoms with Crippen molar-refractivity contribution < 1.29 is 9.47 Å². The average molecular weight is 300 g/mol.